The van der Waals surface area contributed by atoms with Gasteiger partial charge in [0.15, 0.2) is 0 Å². The third-order valence-corrected chi connectivity index (χ3v) is 2.30. The molecule has 0 aliphatic carbocycles. The molecule has 0 amide bonds. The minimum atomic E-state index is -0.245. The van der Waals surface area contributed by atoms with Crippen LogP contribution in [-0.4, -0.2) is 31.6 Å². The highest BCUT2D eigenvalue weighted by molar-refractivity contribution is 5.89. The van der Waals surface area contributed by atoms with Gasteiger partial charge in [0, 0.05) is 6.54 Å². The smallest absolute Gasteiger partial charge is 0.338 e. The van der Waals surface area contributed by atoms with E-state index in [2.05, 4.69) is 4.90 Å². The lowest BCUT2D eigenvalue weighted by Gasteiger charge is -2.18. The molecule has 0 bridgehead atoms. The fraction of sp³-hybridized carbons (Fsp3) is 0.533. The zero-order valence-corrected chi connectivity index (χ0v) is 12.0. The van der Waals surface area contributed by atoms with Gasteiger partial charge in [0.2, 0.25) is 0 Å². The molecule has 100 valence electrons. The summed E-state index contributed by atoms with van der Waals surface area (Å²) in [5.41, 5.74) is 1.74. The van der Waals surface area contributed by atoms with E-state index in [4.69, 9.17) is 4.74 Å². The number of nitrogens with zero attached hydrogens (tertiary/aromatic N) is 1. The fourth-order valence-electron chi connectivity index (χ4n) is 1.53. The molecule has 0 atom stereocenters. The normalized spacial score (nSPS) is 11.7. The zero-order valence-electron chi connectivity index (χ0n) is 12.0. The molecule has 1 aromatic rings. The van der Waals surface area contributed by atoms with Crippen molar-refractivity contribution >= 4 is 5.97 Å². The third-order valence-electron chi connectivity index (χ3n) is 2.30. The van der Waals surface area contributed by atoms with Crippen molar-refractivity contribution in [3.05, 3.63) is 35.4 Å². The van der Waals surface area contributed by atoms with Crippen LogP contribution in [0.5, 0.6) is 0 Å². The Balaban J connectivity index is 2.68. The Labute approximate surface area is 110 Å². The number of hydrogen-bond donors (Lipinski definition) is 0. The fourth-order valence-corrected chi connectivity index (χ4v) is 1.53. The van der Waals surface area contributed by atoms with Crippen LogP contribution >= 0.6 is 0 Å². The lowest BCUT2D eigenvalue weighted by atomic mass is 9.99. The van der Waals surface area contributed by atoms with Gasteiger partial charge in [-0.1, -0.05) is 32.9 Å². The second-order valence-corrected chi connectivity index (χ2v) is 6.07. The van der Waals surface area contributed by atoms with Gasteiger partial charge in [-0.25, -0.2) is 4.79 Å². The van der Waals surface area contributed by atoms with Crippen molar-refractivity contribution in [2.45, 2.75) is 27.3 Å². The molecule has 18 heavy (non-hydrogen) atoms. The Hall–Kier alpha value is -1.35. The molecule has 0 saturated carbocycles. The molecule has 1 rings (SSSR count). The maximum atomic E-state index is 11.9. The molecule has 0 N–H and O–H groups in total. The average Bonchev–Trinajstić information content (AvgIpc) is 2.24. The van der Waals surface area contributed by atoms with Gasteiger partial charge in [-0.15, -0.1) is 0 Å². The summed E-state index contributed by atoms with van der Waals surface area (Å²) < 4.78 is 5.30. The van der Waals surface area contributed by atoms with Crippen molar-refractivity contribution in [2.75, 3.05) is 20.7 Å². The van der Waals surface area contributed by atoms with Gasteiger partial charge < -0.3 is 9.64 Å². The summed E-state index contributed by atoms with van der Waals surface area (Å²) in [5.74, 6) is -0.245. The Kier molecular flexibility index (Phi) is 4.91. The summed E-state index contributed by atoms with van der Waals surface area (Å²) in [4.78, 5) is 14.0. The van der Waals surface area contributed by atoms with E-state index in [9.17, 15) is 4.79 Å². The summed E-state index contributed by atoms with van der Waals surface area (Å²) in [6, 6.07) is 7.60. The van der Waals surface area contributed by atoms with Crippen LogP contribution in [0.3, 0.4) is 0 Å². The van der Waals surface area contributed by atoms with Gasteiger partial charge in [-0.05, 0) is 37.2 Å². The summed E-state index contributed by atoms with van der Waals surface area (Å²) in [5, 5.41) is 0. The molecule has 1 aromatic carbocycles. The lowest BCUT2D eigenvalue weighted by Crippen LogP contribution is -2.18. The molecule has 0 saturated heterocycles. The highest BCUT2D eigenvalue weighted by Gasteiger charge is 2.15. The van der Waals surface area contributed by atoms with Crippen LogP contribution in [0, 0.1) is 5.41 Å². The van der Waals surface area contributed by atoms with E-state index in [-0.39, 0.29) is 11.4 Å². The van der Waals surface area contributed by atoms with Gasteiger partial charge in [-0.3, -0.25) is 0 Å². The van der Waals surface area contributed by atoms with Crippen LogP contribution in [0.4, 0.5) is 0 Å². The van der Waals surface area contributed by atoms with Gasteiger partial charge >= 0.3 is 5.97 Å². The van der Waals surface area contributed by atoms with Gasteiger partial charge in [0.1, 0.15) is 0 Å². The number of benzene rings is 1. The SMILES string of the molecule is CN(C)Cc1cccc(C(=O)OCC(C)(C)C)c1. The van der Waals surface area contributed by atoms with Crippen LogP contribution in [0.25, 0.3) is 0 Å². The molecule has 0 spiro atoms. The van der Waals surface area contributed by atoms with Gasteiger partial charge in [0.25, 0.3) is 0 Å². The van der Waals surface area contributed by atoms with Gasteiger partial charge in [-0.2, -0.15) is 0 Å². The maximum Gasteiger partial charge on any atom is 0.338 e. The van der Waals surface area contributed by atoms with Crippen molar-refractivity contribution in [2.24, 2.45) is 5.41 Å². The Bertz CT molecular complexity index is 405. The van der Waals surface area contributed by atoms with Crippen molar-refractivity contribution < 1.29 is 9.53 Å². The molecule has 0 heterocycles. The number of rotatable bonds is 4. The van der Waals surface area contributed by atoms with E-state index < -0.39 is 0 Å². The van der Waals surface area contributed by atoms with Crippen LogP contribution in [-0.2, 0) is 11.3 Å². The average molecular weight is 249 g/mol. The summed E-state index contributed by atoms with van der Waals surface area (Å²) in [6.07, 6.45) is 0. The second-order valence-electron chi connectivity index (χ2n) is 6.07. The first-order valence-electron chi connectivity index (χ1n) is 6.19. The van der Waals surface area contributed by atoms with Crippen LogP contribution in [0.15, 0.2) is 24.3 Å². The number of ether oxygens (including phenoxy) is 1. The molecular formula is C15H23NO2. The molecule has 3 heteroatoms. The lowest BCUT2D eigenvalue weighted by molar-refractivity contribution is 0.0366. The summed E-state index contributed by atoms with van der Waals surface area (Å²) in [7, 11) is 4.01. The van der Waals surface area contributed by atoms with Crippen LogP contribution in [0.1, 0.15) is 36.7 Å². The standard InChI is InChI=1S/C15H23NO2/c1-15(2,3)11-18-14(17)13-8-6-7-12(9-13)10-16(4)5/h6-9H,10-11H2,1-5H3. The Morgan fingerprint density at radius 3 is 2.50 bits per heavy atom. The van der Waals surface area contributed by atoms with Crippen molar-refractivity contribution in [1.29, 1.82) is 0 Å². The molecule has 0 unspecified atom stereocenters. The predicted molar refractivity (Wildman–Crippen MR) is 73.6 cm³/mol. The topological polar surface area (TPSA) is 29.5 Å². The highest BCUT2D eigenvalue weighted by Crippen LogP contribution is 2.15. The van der Waals surface area contributed by atoms with E-state index >= 15 is 0 Å². The van der Waals surface area contributed by atoms with Crippen molar-refractivity contribution in [3.63, 3.8) is 0 Å². The molecule has 0 aliphatic rings. The number of hydrogen-bond acceptors (Lipinski definition) is 3. The van der Waals surface area contributed by atoms with Crippen LogP contribution in [0.2, 0.25) is 0 Å². The minimum absolute atomic E-state index is 0.00307. The Morgan fingerprint density at radius 1 is 1.28 bits per heavy atom. The minimum Gasteiger partial charge on any atom is -0.462 e. The van der Waals surface area contributed by atoms with Gasteiger partial charge in [0.05, 0.1) is 12.2 Å². The van der Waals surface area contributed by atoms with Crippen LogP contribution < -0.4 is 0 Å². The number of carbonyl (C=O) groups excluding carboxylic acids is 1. The number of carbonyl (C=O) groups is 1. The quantitative estimate of drug-likeness (QED) is 0.768. The molecule has 0 fully saturated rings. The molecular weight excluding hydrogens is 226 g/mol. The largest absolute Gasteiger partial charge is 0.462 e. The molecule has 0 aromatic heterocycles. The van der Waals surface area contributed by atoms with E-state index in [0.29, 0.717) is 12.2 Å². The number of esters is 1. The monoisotopic (exact) mass is 249 g/mol. The predicted octanol–water partition coefficient (Wildman–Crippen LogP) is 2.95. The van der Waals surface area contributed by atoms with E-state index in [0.717, 1.165) is 12.1 Å². The van der Waals surface area contributed by atoms with E-state index in [1.165, 1.54) is 0 Å². The highest BCUT2D eigenvalue weighted by atomic mass is 16.5. The van der Waals surface area contributed by atoms with E-state index in [1.807, 2.05) is 53.1 Å². The van der Waals surface area contributed by atoms with E-state index in [1.54, 1.807) is 6.07 Å². The summed E-state index contributed by atoms with van der Waals surface area (Å²) >= 11 is 0. The molecule has 3 nitrogen and oxygen atoms in total. The zero-order chi connectivity index (χ0) is 13.8. The first-order chi connectivity index (χ1) is 8.28. The maximum absolute atomic E-state index is 11.9. The van der Waals surface area contributed by atoms with Crippen molar-refractivity contribution in [3.8, 4) is 0 Å². The first kappa shape index (κ1) is 14.7. The first-order valence-corrected chi connectivity index (χ1v) is 6.19. The molecule has 0 aliphatic heterocycles. The second kappa shape index (κ2) is 6.01. The van der Waals surface area contributed by atoms with Crippen molar-refractivity contribution in [1.82, 2.24) is 4.90 Å². The Morgan fingerprint density at radius 2 is 1.94 bits per heavy atom. The summed E-state index contributed by atoms with van der Waals surface area (Å²) in [6.45, 7) is 7.39. The third kappa shape index (κ3) is 5.32. The molecule has 0 radical (unpaired) electrons.